The van der Waals surface area contributed by atoms with Crippen molar-refractivity contribution < 1.29 is 4.79 Å². The molecule has 25 heavy (non-hydrogen) atoms. The number of aromatic nitrogens is 2. The molecule has 5 nitrogen and oxygen atoms in total. The number of carbonyl (C=O) groups excluding carboxylic acids is 1. The van der Waals surface area contributed by atoms with E-state index >= 15 is 0 Å². The maximum atomic E-state index is 12.5. The molecule has 0 bridgehead atoms. The van der Waals surface area contributed by atoms with Crippen molar-refractivity contribution >= 4 is 54.4 Å². The maximum Gasteiger partial charge on any atom is 0.261 e. The molecule has 0 atom stereocenters. The Bertz CT molecular complexity index is 1010. The lowest BCUT2D eigenvalue weighted by Crippen LogP contribution is -2.23. The molecular formula is C18H15Br2N3O2. The third kappa shape index (κ3) is 4.16. The zero-order chi connectivity index (χ0) is 18.0. The second-order valence-corrected chi connectivity index (χ2v) is 7.44. The Morgan fingerprint density at radius 1 is 1.20 bits per heavy atom. The van der Waals surface area contributed by atoms with Crippen LogP contribution in [0.3, 0.4) is 0 Å². The summed E-state index contributed by atoms with van der Waals surface area (Å²) in [5.41, 5.74) is 2.30. The number of anilines is 1. The van der Waals surface area contributed by atoms with E-state index in [2.05, 4.69) is 42.2 Å². The standard InChI is InChI=1S/C18H15Br2N3O2/c1-11-2-4-13(9-15(11)20)22-17(24)6-7-23-10-21-16-5-3-12(19)8-14(16)18(23)25/h2-5,8-10H,6-7H2,1H3,(H,22,24). The van der Waals surface area contributed by atoms with Gasteiger partial charge in [-0.25, -0.2) is 4.98 Å². The van der Waals surface area contributed by atoms with Gasteiger partial charge in [0, 0.05) is 27.6 Å². The summed E-state index contributed by atoms with van der Waals surface area (Å²) >= 11 is 6.80. The van der Waals surface area contributed by atoms with Crippen molar-refractivity contribution in [3.63, 3.8) is 0 Å². The second-order valence-electron chi connectivity index (χ2n) is 5.67. The van der Waals surface area contributed by atoms with Gasteiger partial charge in [0.25, 0.3) is 5.56 Å². The molecule has 0 fully saturated rings. The van der Waals surface area contributed by atoms with Gasteiger partial charge in [0.2, 0.25) is 5.91 Å². The van der Waals surface area contributed by atoms with Crippen LogP contribution in [-0.2, 0) is 11.3 Å². The fraction of sp³-hybridized carbons (Fsp3) is 0.167. The highest BCUT2D eigenvalue weighted by molar-refractivity contribution is 9.10. The van der Waals surface area contributed by atoms with Gasteiger partial charge in [-0.3, -0.25) is 14.2 Å². The van der Waals surface area contributed by atoms with Crippen LogP contribution in [0.1, 0.15) is 12.0 Å². The van der Waals surface area contributed by atoms with Gasteiger partial charge in [-0.15, -0.1) is 0 Å². The van der Waals surface area contributed by atoms with E-state index in [0.29, 0.717) is 10.9 Å². The predicted octanol–water partition coefficient (Wildman–Crippen LogP) is 4.26. The Labute approximate surface area is 161 Å². The molecule has 0 aliphatic rings. The summed E-state index contributed by atoms with van der Waals surface area (Å²) in [6.45, 7) is 2.25. The van der Waals surface area contributed by atoms with Crippen LogP contribution in [0.5, 0.6) is 0 Å². The van der Waals surface area contributed by atoms with E-state index in [4.69, 9.17) is 0 Å². The number of benzene rings is 2. The van der Waals surface area contributed by atoms with E-state index in [-0.39, 0.29) is 24.4 Å². The number of carbonyl (C=O) groups is 1. The molecule has 3 aromatic rings. The zero-order valence-corrected chi connectivity index (χ0v) is 16.6. The highest BCUT2D eigenvalue weighted by Crippen LogP contribution is 2.20. The molecule has 1 amide bonds. The third-order valence-electron chi connectivity index (χ3n) is 3.82. The first-order valence-electron chi connectivity index (χ1n) is 7.65. The van der Waals surface area contributed by atoms with Crippen molar-refractivity contribution in [3.05, 3.63) is 67.6 Å². The van der Waals surface area contributed by atoms with Crippen LogP contribution in [0.2, 0.25) is 0 Å². The highest BCUT2D eigenvalue weighted by atomic mass is 79.9. The summed E-state index contributed by atoms with van der Waals surface area (Å²) in [5.74, 6) is -0.156. The molecule has 1 aromatic heterocycles. The number of amides is 1. The van der Waals surface area contributed by atoms with Gasteiger partial charge in [0.05, 0.1) is 17.2 Å². The number of aryl methyl sites for hydroxylation is 2. The molecule has 0 radical (unpaired) electrons. The molecule has 3 rings (SSSR count). The Kier molecular flexibility index (Phi) is 5.34. The SMILES string of the molecule is Cc1ccc(NC(=O)CCn2cnc3ccc(Br)cc3c2=O)cc1Br. The summed E-state index contributed by atoms with van der Waals surface area (Å²) in [6.07, 6.45) is 1.67. The molecule has 128 valence electrons. The average molecular weight is 465 g/mol. The number of hydrogen-bond donors (Lipinski definition) is 1. The summed E-state index contributed by atoms with van der Waals surface area (Å²) < 4.78 is 3.21. The molecule has 0 spiro atoms. The summed E-state index contributed by atoms with van der Waals surface area (Å²) in [5, 5.41) is 3.36. The third-order valence-corrected chi connectivity index (χ3v) is 5.17. The van der Waals surface area contributed by atoms with Crippen LogP contribution >= 0.6 is 31.9 Å². The number of fused-ring (bicyclic) bond motifs is 1. The van der Waals surface area contributed by atoms with Crippen LogP contribution in [0.15, 0.2) is 56.5 Å². The lowest BCUT2D eigenvalue weighted by molar-refractivity contribution is -0.116. The molecule has 2 aromatic carbocycles. The number of nitrogens with zero attached hydrogens (tertiary/aromatic N) is 2. The van der Waals surface area contributed by atoms with Crippen molar-refractivity contribution in [2.75, 3.05) is 5.32 Å². The van der Waals surface area contributed by atoms with Crippen LogP contribution in [0.25, 0.3) is 10.9 Å². The number of rotatable bonds is 4. The first kappa shape index (κ1) is 17.8. The van der Waals surface area contributed by atoms with Crippen molar-refractivity contribution in [2.24, 2.45) is 0 Å². The largest absolute Gasteiger partial charge is 0.326 e. The zero-order valence-electron chi connectivity index (χ0n) is 13.4. The minimum absolute atomic E-state index is 0.155. The van der Waals surface area contributed by atoms with Crippen LogP contribution < -0.4 is 10.9 Å². The minimum atomic E-state index is -0.156. The Hall–Kier alpha value is -1.99. The molecule has 0 aliphatic carbocycles. The van der Waals surface area contributed by atoms with Gasteiger partial charge in [-0.1, -0.05) is 37.9 Å². The molecule has 0 saturated heterocycles. The fourth-order valence-electron chi connectivity index (χ4n) is 2.41. The molecule has 0 unspecified atom stereocenters. The molecule has 7 heteroatoms. The Morgan fingerprint density at radius 3 is 2.76 bits per heavy atom. The summed E-state index contributed by atoms with van der Waals surface area (Å²) in [7, 11) is 0. The number of halogens is 2. The van der Waals surface area contributed by atoms with Gasteiger partial charge >= 0.3 is 0 Å². The van der Waals surface area contributed by atoms with E-state index in [1.54, 1.807) is 12.1 Å². The van der Waals surface area contributed by atoms with E-state index in [0.717, 1.165) is 20.2 Å². The average Bonchev–Trinajstić information content (AvgIpc) is 2.58. The van der Waals surface area contributed by atoms with E-state index < -0.39 is 0 Å². The van der Waals surface area contributed by atoms with Gasteiger partial charge in [0.1, 0.15) is 0 Å². The van der Waals surface area contributed by atoms with Gasteiger partial charge < -0.3 is 5.32 Å². The quantitative estimate of drug-likeness (QED) is 0.627. The van der Waals surface area contributed by atoms with Crippen molar-refractivity contribution in [1.82, 2.24) is 9.55 Å². The van der Waals surface area contributed by atoms with E-state index in [9.17, 15) is 9.59 Å². The molecule has 0 saturated carbocycles. The normalized spacial score (nSPS) is 10.8. The topological polar surface area (TPSA) is 64.0 Å². The van der Waals surface area contributed by atoms with Gasteiger partial charge in [0.15, 0.2) is 0 Å². The number of nitrogens with one attached hydrogen (secondary N) is 1. The van der Waals surface area contributed by atoms with Gasteiger partial charge in [-0.05, 0) is 42.8 Å². The van der Waals surface area contributed by atoms with Crippen LogP contribution in [-0.4, -0.2) is 15.5 Å². The minimum Gasteiger partial charge on any atom is -0.326 e. The Morgan fingerprint density at radius 2 is 2.00 bits per heavy atom. The lowest BCUT2D eigenvalue weighted by atomic mass is 10.2. The van der Waals surface area contributed by atoms with Crippen molar-refractivity contribution in [1.29, 1.82) is 0 Å². The molecule has 0 aliphatic heterocycles. The molecular weight excluding hydrogens is 450 g/mol. The summed E-state index contributed by atoms with van der Waals surface area (Å²) in [6, 6.07) is 11.0. The first-order chi connectivity index (χ1) is 11.9. The maximum absolute atomic E-state index is 12.5. The highest BCUT2D eigenvalue weighted by Gasteiger charge is 2.08. The monoisotopic (exact) mass is 463 g/mol. The van der Waals surface area contributed by atoms with Crippen molar-refractivity contribution in [2.45, 2.75) is 19.9 Å². The lowest BCUT2D eigenvalue weighted by Gasteiger charge is -2.09. The summed E-state index contributed by atoms with van der Waals surface area (Å²) in [4.78, 5) is 28.9. The Balaban J connectivity index is 1.71. The second kappa shape index (κ2) is 7.49. The predicted molar refractivity (Wildman–Crippen MR) is 106 cm³/mol. The van der Waals surface area contributed by atoms with Crippen LogP contribution in [0, 0.1) is 6.92 Å². The molecule has 1 heterocycles. The smallest absolute Gasteiger partial charge is 0.261 e. The first-order valence-corrected chi connectivity index (χ1v) is 9.23. The van der Waals surface area contributed by atoms with E-state index in [1.165, 1.54) is 10.9 Å². The van der Waals surface area contributed by atoms with Gasteiger partial charge in [-0.2, -0.15) is 0 Å². The fourth-order valence-corrected chi connectivity index (χ4v) is 3.15. The molecule has 1 N–H and O–H groups in total. The van der Waals surface area contributed by atoms with E-state index in [1.807, 2.05) is 31.2 Å². The van der Waals surface area contributed by atoms with Crippen molar-refractivity contribution in [3.8, 4) is 0 Å². The van der Waals surface area contributed by atoms with Crippen LogP contribution in [0.4, 0.5) is 5.69 Å². The number of hydrogen-bond acceptors (Lipinski definition) is 3.